The summed E-state index contributed by atoms with van der Waals surface area (Å²) in [7, 11) is 0. The van der Waals surface area contributed by atoms with E-state index >= 15 is 0 Å². The fourth-order valence-electron chi connectivity index (χ4n) is 1.17. The minimum atomic E-state index is -2.30. The summed E-state index contributed by atoms with van der Waals surface area (Å²) >= 11 is 0. The number of aliphatic hydroxyl groups excluding tert-OH is 1. The topological polar surface area (TPSA) is 123 Å². The van der Waals surface area contributed by atoms with Crippen molar-refractivity contribution in [3.63, 3.8) is 0 Å². The second-order valence-electron chi connectivity index (χ2n) is 3.87. The number of aliphatic carboxylic acids is 1. The normalized spacial score (nSPS) is 14.7. The summed E-state index contributed by atoms with van der Waals surface area (Å²) in [6.07, 6.45) is 2.34. The van der Waals surface area contributed by atoms with E-state index < -0.39 is 18.3 Å². The van der Waals surface area contributed by atoms with Crippen molar-refractivity contribution in [2.75, 3.05) is 0 Å². The highest BCUT2D eigenvalue weighted by Gasteiger charge is 2.28. The quantitative estimate of drug-likeness (QED) is 0.552. The van der Waals surface area contributed by atoms with Crippen LogP contribution >= 0.6 is 0 Å². The number of nitrogens with zero attached hydrogens (tertiary/aromatic N) is 2. The Balaban J connectivity index is 3.22. The zero-order valence-electron chi connectivity index (χ0n) is 9.95. The third-order valence-electron chi connectivity index (χ3n) is 2.38. The molecule has 4 N–H and O–H groups in total. The summed E-state index contributed by atoms with van der Waals surface area (Å²) in [5, 5.41) is 36.9. The predicted molar refractivity (Wildman–Crippen MR) is 62.4 cm³/mol. The molecule has 1 aromatic heterocycles. The molecule has 0 spiro atoms. The Kier molecular flexibility index (Phi) is 4.00. The van der Waals surface area contributed by atoms with E-state index in [4.69, 9.17) is 10.2 Å². The van der Waals surface area contributed by atoms with Crippen LogP contribution in [0, 0.1) is 6.92 Å². The fourth-order valence-corrected chi connectivity index (χ4v) is 1.17. The van der Waals surface area contributed by atoms with Gasteiger partial charge in [-0.3, -0.25) is 4.98 Å². The van der Waals surface area contributed by atoms with E-state index in [-0.39, 0.29) is 16.9 Å². The highest BCUT2D eigenvalue weighted by Crippen LogP contribution is 2.22. The van der Waals surface area contributed by atoms with Gasteiger partial charge >= 0.3 is 5.97 Å². The van der Waals surface area contributed by atoms with E-state index in [2.05, 4.69) is 9.98 Å². The lowest BCUT2D eigenvalue weighted by Crippen LogP contribution is -2.32. The van der Waals surface area contributed by atoms with Crippen molar-refractivity contribution in [2.45, 2.75) is 26.2 Å². The summed E-state index contributed by atoms with van der Waals surface area (Å²) in [4.78, 5) is 18.0. The Morgan fingerprint density at radius 3 is 2.72 bits per heavy atom. The number of pyridine rings is 1. The molecule has 0 saturated carbocycles. The molecule has 1 atom stereocenters. The minimum Gasteiger partial charge on any atom is -0.505 e. The van der Waals surface area contributed by atoms with E-state index in [0.29, 0.717) is 5.69 Å². The molecule has 0 amide bonds. The molecule has 98 valence electrons. The number of carboxylic acid groups (broad SMARTS) is 1. The van der Waals surface area contributed by atoms with Crippen LogP contribution in [0.1, 0.15) is 23.7 Å². The van der Waals surface area contributed by atoms with Crippen LogP contribution in [0.4, 0.5) is 0 Å². The molecule has 18 heavy (non-hydrogen) atoms. The van der Waals surface area contributed by atoms with Crippen LogP contribution in [0.5, 0.6) is 5.75 Å². The number of carbonyl (C=O) groups is 1. The lowest BCUT2D eigenvalue weighted by Gasteiger charge is -2.12. The fraction of sp³-hybridized carbons (Fsp3) is 0.364. The zero-order valence-corrected chi connectivity index (χ0v) is 9.95. The van der Waals surface area contributed by atoms with E-state index in [1.54, 1.807) is 6.92 Å². The van der Waals surface area contributed by atoms with Gasteiger partial charge in [0.05, 0.1) is 12.3 Å². The molecule has 0 bridgehead atoms. The van der Waals surface area contributed by atoms with Crippen LogP contribution in [0.25, 0.3) is 0 Å². The Morgan fingerprint density at radius 2 is 2.22 bits per heavy atom. The van der Waals surface area contributed by atoms with Crippen molar-refractivity contribution in [3.8, 4) is 5.75 Å². The molecule has 7 heteroatoms. The van der Waals surface area contributed by atoms with Gasteiger partial charge in [-0.05, 0) is 13.8 Å². The molecule has 0 aliphatic carbocycles. The molecule has 1 unspecified atom stereocenters. The van der Waals surface area contributed by atoms with Gasteiger partial charge < -0.3 is 20.4 Å². The van der Waals surface area contributed by atoms with E-state index in [0.717, 1.165) is 13.1 Å². The smallest absolute Gasteiger partial charge is 0.358 e. The van der Waals surface area contributed by atoms with Crippen LogP contribution in [0.15, 0.2) is 11.2 Å². The average molecular weight is 254 g/mol. The number of aromatic hydroxyl groups is 1. The first-order valence-electron chi connectivity index (χ1n) is 5.09. The standard InChI is InChI=1S/C11H14N2O5/c1-6-9(15)8(7(5-14)3-12-6)4-13-11(2,18)10(16)17/h3-4,14-15,18H,5H2,1-2H3,(H,16,17)/b13-4+. The largest absolute Gasteiger partial charge is 0.505 e. The number of aliphatic hydroxyl groups is 2. The second-order valence-corrected chi connectivity index (χ2v) is 3.87. The third kappa shape index (κ3) is 2.82. The van der Waals surface area contributed by atoms with E-state index in [9.17, 15) is 15.0 Å². The lowest BCUT2D eigenvalue weighted by molar-refractivity contribution is -0.155. The highest BCUT2D eigenvalue weighted by atomic mass is 16.4. The highest BCUT2D eigenvalue weighted by molar-refractivity contribution is 5.88. The maximum absolute atomic E-state index is 10.7. The number of hydrogen-bond acceptors (Lipinski definition) is 6. The molecule has 0 aromatic carbocycles. The van der Waals surface area contributed by atoms with E-state index in [1.165, 1.54) is 6.20 Å². The Bertz CT molecular complexity index is 496. The zero-order chi connectivity index (χ0) is 13.9. The van der Waals surface area contributed by atoms with E-state index in [1.807, 2.05) is 0 Å². The Hall–Kier alpha value is -1.99. The van der Waals surface area contributed by atoms with Crippen molar-refractivity contribution in [2.24, 2.45) is 4.99 Å². The first-order chi connectivity index (χ1) is 8.29. The van der Waals surface area contributed by atoms with Gasteiger partial charge in [-0.15, -0.1) is 0 Å². The second kappa shape index (κ2) is 5.11. The van der Waals surface area contributed by atoms with Crippen molar-refractivity contribution < 1.29 is 25.2 Å². The van der Waals surface area contributed by atoms with Crippen molar-refractivity contribution >= 4 is 12.2 Å². The molecule has 0 radical (unpaired) electrons. The molecule has 0 aliphatic heterocycles. The lowest BCUT2D eigenvalue weighted by atomic mass is 10.1. The van der Waals surface area contributed by atoms with Crippen LogP contribution in [0.3, 0.4) is 0 Å². The van der Waals surface area contributed by atoms with Gasteiger partial charge in [-0.1, -0.05) is 0 Å². The summed E-state index contributed by atoms with van der Waals surface area (Å²) in [5.41, 5.74) is -1.57. The first-order valence-corrected chi connectivity index (χ1v) is 5.09. The van der Waals surface area contributed by atoms with Gasteiger partial charge in [0.25, 0.3) is 5.72 Å². The van der Waals surface area contributed by atoms with Crippen molar-refractivity contribution in [1.29, 1.82) is 0 Å². The maximum Gasteiger partial charge on any atom is 0.358 e. The summed E-state index contributed by atoms with van der Waals surface area (Å²) < 4.78 is 0. The van der Waals surface area contributed by atoms with Crippen LogP contribution in [-0.4, -0.2) is 43.3 Å². The van der Waals surface area contributed by atoms with Gasteiger partial charge in [-0.25, -0.2) is 9.79 Å². The van der Waals surface area contributed by atoms with Gasteiger partial charge in [-0.2, -0.15) is 0 Å². The monoisotopic (exact) mass is 254 g/mol. The third-order valence-corrected chi connectivity index (χ3v) is 2.38. The maximum atomic E-state index is 10.7. The van der Waals surface area contributed by atoms with Gasteiger partial charge in [0.1, 0.15) is 5.75 Å². The number of carboxylic acids is 1. The molecular formula is C11H14N2O5. The van der Waals surface area contributed by atoms with Crippen molar-refractivity contribution in [1.82, 2.24) is 4.98 Å². The first kappa shape index (κ1) is 14.1. The van der Waals surface area contributed by atoms with Crippen molar-refractivity contribution in [3.05, 3.63) is 23.0 Å². The number of hydrogen-bond donors (Lipinski definition) is 4. The van der Waals surface area contributed by atoms with Crippen LogP contribution < -0.4 is 0 Å². The summed E-state index contributed by atoms with van der Waals surface area (Å²) in [5.74, 6) is -1.74. The number of aryl methyl sites for hydroxylation is 1. The molecule has 7 nitrogen and oxygen atoms in total. The molecule has 0 aliphatic rings. The number of rotatable bonds is 4. The molecule has 0 saturated heterocycles. The minimum absolute atomic E-state index is 0.131. The molecule has 1 heterocycles. The summed E-state index contributed by atoms with van der Waals surface area (Å²) in [6.45, 7) is 2.15. The SMILES string of the molecule is Cc1ncc(CO)c(/C=N/C(C)(O)C(=O)O)c1O. The predicted octanol–water partition coefficient (Wildman–Crippen LogP) is -0.200. The average Bonchev–Trinajstić information content (AvgIpc) is 2.30. The van der Waals surface area contributed by atoms with Crippen LogP contribution in [-0.2, 0) is 11.4 Å². The molecule has 0 fully saturated rings. The summed E-state index contributed by atoms with van der Waals surface area (Å²) in [6, 6.07) is 0. The van der Waals surface area contributed by atoms with Crippen LogP contribution in [0.2, 0.25) is 0 Å². The Morgan fingerprint density at radius 1 is 1.61 bits per heavy atom. The molecule has 1 rings (SSSR count). The molecule has 1 aromatic rings. The van der Waals surface area contributed by atoms with Gasteiger partial charge in [0, 0.05) is 23.5 Å². The molecular weight excluding hydrogens is 240 g/mol. The van der Waals surface area contributed by atoms with Gasteiger partial charge in [0.15, 0.2) is 0 Å². The number of aliphatic imine (C=N–C) groups is 1. The van der Waals surface area contributed by atoms with Gasteiger partial charge in [0.2, 0.25) is 0 Å². The Labute approximate surface area is 103 Å². The number of aromatic nitrogens is 1.